The number of hydrogen-bond donors (Lipinski definition) is 2. The zero-order valence-electron chi connectivity index (χ0n) is 18.6. The van der Waals surface area contributed by atoms with Gasteiger partial charge in [-0.1, -0.05) is 26.7 Å². The Morgan fingerprint density at radius 2 is 1.18 bits per heavy atom. The van der Waals surface area contributed by atoms with E-state index < -0.39 is 53.9 Å². The molecule has 2 N–H and O–H groups in total. The number of carbonyl (C=O) groups is 4. The van der Waals surface area contributed by atoms with Crippen LogP contribution in [0.4, 0.5) is 26.3 Å². The normalized spacial score (nSPS) is 13.5. The molecule has 2 atom stereocenters. The number of ether oxygens (including phenoxy) is 2. The van der Waals surface area contributed by atoms with Gasteiger partial charge in [0.1, 0.15) is 12.1 Å². The molecule has 0 aliphatic rings. The maximum Gasteiger partial charge on any atom is 0.471 e. The van der Waals surface area contributed by atoms with Crippen LogP contribution in [0.15, 0.2) is 0 Å². The Morgan fingerprint density at radius 1 is 0.765 bits per heavy atom. The molecule has 2 amide bonds. The molecule has 0 heterocycles. The molecule has 0 saturated carbocycles. The average Bonchev–Trinajstić information content (AvgIpc) is 2.73. The molecule has 198 valence electrons. The molecule has 0 rings (SSSR count). The summed E-state index contributed by atoms with van der Waals surface area (Å²) in [7, 11) is 0. The molecule has 0 radical (unpaired) electrons. The lowest BCUT2D eigenvalue weighted by atomic mass is 10.2. The highest BCUT2D eigenvalue weighted by molar-refractivity contribution is 7.99. The quantitative estimate of drug-likeness (QED) is 0.192. The SMILES string of the molecule is CCCCOC(=O)C(CCSCC(NC(=O)C(F)(F)F)C(=O)OCCCC)NC(=O)C(F)(F)F. The lowest BCUT2D eigenvalue weighted by molar-refractivity contribution is -0.176. The number of esters is 2. The summed E-state index contributed by atoms with van der Waals surface area (Å²) in [6, 6.07) is -3.35. The fraction of sp³-hybridized carbons (Fsp3) is 0.789. The van der Waals surface area contributed by atoms with Crippen LogP contribution in [-0.2, 0) is 28.7 Å². The van der Waals surface area contributed by atoms with Gasteiger partial charge in [-0.15, -0.1) is 0 Å². The van der Waals surface area contributed by atoms with Crippen LogP contribution in [0.3, 0.4) is 0 Å². The van der Waals surface area contributed by atoms with Crippen LogP contribution < -0.4 is 10.6 Å². The molecular weight excluding hydrogens is 498 g/mol. The van der Waals surface area contributed by atoms with E-state index in [1.165, 1.54) is 10.6 Å². The van der Waals surface area contributed by atoms with Crippen molar-refractivity contribution in [2.24, 2.45) is 0 Å². The monoisotopic (exact) mass is 526 g/mol. The van der Waals surface area contributed by atoms with Crippen molar-refractivity contribution in [3.8, 4) is 0 Å². The summed E-state index contributed by atoms with van der Waals surface area (Å²) in [5.41, 5.74) is 0. The molecule has 0 aromatic rings. The smallest absolute Gasteiger partial charge is 0.464 e. The highest BCUT2D eigenvalue weighted by Gasteiger charge is 2.42. The van der Waals surface area contributed by atoms with Crippen molar-refractivity contribution in [2.45, 2.75) is 70.4 Å². The molecule has 0 fully saturated rings. The van der Waals surface area contributed by atoms with Crippen molar-refractivity contribution in [3.63, 3.8) is 0 Å². The number of hydrogen-bond acceptors (Lipinski definition) is 7. The molecule has 0 aliphatic heterocycles. The highest BCUT2D eigenvalue weighted by Crippen LogP contribution is 2.18. The minimum absolute atomic E-state index is 0.0734. The van der Waals surface area contributed by atoms with Gasteiger partial charge in [0.25, 0.3) is 0 Å². The number of thioether (sulfide) groups is 1. The first-order chi connectivity index (χ1) is 15.7. The van der Waals surface area contributed by atoms with Crippen molar-refractivity contribution in [1.29, 1.82) is 0 Å². The predicted octanol–water partition coefficient (Wildman–Crippen LogP) is 2.89. The summed E-state index contributed by atoms with van der Waals surface area (Å²) in [6.45, 7) is 3.42. The number of carbonyl (C=O) groups excluding carboxylic acids is 4. The van der Waals surface area contributed by atoms with Gasteiger partial charge in [-0.3, -0.25) is 9.59 Å². The van der Waals surface area contributed by atoms with Crippen molar-refractivity contribution in [2.75, 3.05) is 24.7 Å². The molecule has 0 spiro atoms. The van der Waals surface area contributed by atoms with Crippen LogP contribution in [0.2, 0.25) is 0 Å². The number of nitrogens with one attached hydrogen (secondary N) is 2. The first-order valence-corrected chi connectivity index (χ1v) is 11.6. The van der Waals surface area contributed by atoms with E-state index in [-0.39, 0.29) is 25.4 Å². The Morgan fingerprint density at radius 3 is 1.59 bits per heavy atom. The second-order valence-electron chi connectivity index (χ2n) is 6.95. The minimum atomic E-state index is -5.25. The Balaban J connectivity index is 5.06. The van der Waals surface area contributed by atoms with Crippen LogP contribution in [-0.4, -0.2) is 72.9 Å². The third kappa shape index (κ3) is 13.5. The molecule has 0 saturated heterocycles. The molecule has 0 aromatic heterocycles. The minimum Gasteiger partial charge on any atom is -0.464 e. The van der Waals surface area contributed by atoms with E-state index >= 15 is 0 Å². The molecule has 34 heavy (non-hydrogen) atoms. The van der Waals surface area contributed by atoms with Crippen molar-refractivity contribution >= 4 is 35.5 Å². The second kappa shape index (κ2) is 15.7. The number of alkyl halides is 6. The molecule has 0 aliphatic carbocycles. The van der Waals surface area contributed by atoms with Gasteiger partial charge < -0.3 is 20.1 Å². The van der Waals surface area contributed by atoms with Gasteiger partial charge in [0.2, 0.25) is 0 Å². The van der Waals surface area contributed by atoms with E-state index in [0.29, 0.717) is 25.7 Å². The molecule has 0 aromatic carbocycles. The zero-order valence-corrected chi connectivity index (χ0v) is 19.5. The Kier molecular flexibility index (Phi) is 14.7. The van der Waals surface area contributed by atoms with Gasteiger partial charge in [0.05, 0.1) is 13.2 Å². The average molecular weight is 526 g/mol. The van der Waals surface area contributed by atoms with Gasteiger partial charge in [0.15, 0.2) is 0 Å². The van der Waals surface area contributed by atoms with Gasteiger partial charge in [-0.05, 0) is 25.0 Å². The highest BCUT2D eigenvalue weighted by atomic mass is 32.2. The fourth-order valence-corrected chi connectivity index (χ4v) is 3.16. The van der Waals surface area contributed by atoms with Crippen LogP contribution in [0.1, 0.15) is 46.0 Å². The summed E-state index contributed by atoms with van der Waals surface area (Å²) in [4.78, 5) is 46.5. The van der Waals surface area contributed by atoms with E-state index in [4.69, 9.17) is 9.47 Å². The maximum absolute atomic E-state index is 12.6. The predicted molar refractivity (Wildman–Crippen MR) is 110 cm³/mol. The van der Waals surface area contributed by atoms with E-state index in [9.17, 15) is 45.5 Å². The third-order valence-corrected chi connectivity index (χ3v) is 5.11. The number of amides is 2. The van der Waals surface area contributed by atoms with Crippen molar-refractivity contribution in [1.82, 2.24) is 10.6 Å². The van der Waals surface area contributed by atoms with Gasteiger partial charge in [0, 0.05) is 5.75 Å². The summed E-state index contributed by atoms with van der Waals surface area (Å²) >= 11 is 0.767. The lowest BCUT2D eigenvalue weighted by Gasteiger charge is -2.20. The molecule has 0 bridgehead atoms. The molecule has 2 unspecified atom stereocenters. The van der Waals surface area contributed by atoms with Crippen LogP contribution >= 0.6 is 11.8 Å². The Bertz CT molecular complexity index is 619. The maximum atomic E-state index is 12.6. The van der Waals surface area contributed by atoms with E-state index in [2.05, 4.69) is 0 Å². The lowest BCUT2D eigenvalue weighted by Crippen LogP contribution is -2.49. The van der Waals surface area contributed by atoms with Crippen LogP contribution in [0, 0.1) is 0 Å². The van der Waals surface area contributed by atoms with Gasteiger partial charge in [-0.2, -0.15) is 38.1 Å². The first-order valence-electron chi connectivity index (χ1n) is 10.4. The standard InChI is InChI=1S/C19H28F6N2O6S/c1-3-5-8-32-14(28)12(26-16(30)18(20,21)22)7-10-34-11-13(15(29)33-9-6-4-2)27-17(31)19(23,24)25/h12-13H,3-11H2,1-2H3,(H,26,30)(H,27,31). The van der Waals surface area contributed by atoms with E-state index in [0.717, 1.165) is 11.8 Å². The molecule has 15 heteroatoms. The first kappa shape index (κ1) is 31.8. The number of halogens is 6. The van der Waals surface area contributed by atoms with Crippen molar-refractivity contribution in [3.05, 3.63) is 0 Å². The van der Waals surface area contributed by atoms with Crippen LogP contribution in [0.5, 0.6) is 0 Å². The summed E-state index contributed by atoms with van der Waals surface area (Å²) in [5, 5.41) is 3.03. The number of unbranched alkanes of at least 4 members (excludes halogenated alkanes) is 2. The number of rotatable bonds is 15. The van der Waals surface area contributed by atoms with E-state index in [1.807, 2.05) is 0 Å². The Hall–Kier alpha value is -2.19. The third-order valence-electron chi connectivity index (χ3n) is 4.01. The summed E-state index contributed by atoms with van der Waals surface area (Å²) < 4.78 is 85.0. The summed E-state index contributed by atoms with van der Waals surface area (Å²) in [5.74, 6) is -7.51. The fourth-order valence-electron chi connectivity index (χ4n) is 2.14. The molecule has 8 nitrogen and oxygen atoms in total. The van der Waals surface area contributed by atoms with E-state index in [1.54, 1.807) is 13.8 Å². The summed E-state index contributed by atoms with van der Waals surface area (Å²) in [6.07, 6.45) is -8.70. The largest absolute Gasteiger partial charge is 0.471 e. The van der Waals surface area contributed by atoms with Crippen LogP contribution in [0.25, 0.3) is 0 Å². The van der Waals surface area contributed by atoms with Gasteiger partial charge >= 0.3 is 36.1 Å². The second-order valence-corrected chi connectivity index (χ2v) is 8.10. The molecular formula is C19H28F6N2O6S. The topological polar surface area (TPSA) is 111 Å². The zero-order chi connectivity index (χ0) is 26.4. The Labute approximate surface area is 196 Å². The van der Waals surface area contributed by atoms with Crippen molar-refractivity contribution < 1.29 is 55.0 Å². The van der Waals surface area contributed by atoms with Gasteiger partial charge in [-0.25, -0.2) is 9.59 Å².